The van der Waals surface area contributed by atoms with Crippen LogP contribution in [0.15, 0.2) is 88.5 Å². The second-order valence-electron chi connectivity index (χ2n) is 8.98. The first-order chi connectivity index (χ1) is 18.0. The molecule has 5 aromatic rings. The topological polar surface area (TPSA) is 102 Å². The highest BCUT2D eigenvalue weighted by Gasteiger charge is 2.19. The van der Waals surface area contributed by atoms with E-state index in [0.29, 0.717) is 22.6 Å². The van der Waals surface area contributed by atoms with E-state index in [9.17, 15) is 14.4 Å². The summed E-state index contributed by atoms with van der Waals surface area (Å²) in [7, 11) is 0. The van der Waals surface area contributed by atoms with Crippen LogP contribution in [0, 0.1) is 0 Å². The smallest absolute Gasteiger partial charge is 0.329 e. The van der Waals surface area contributed by atoms with Crippen LogP contribution in [0.5, 0.6) is 11.5 Å². The van der Waals surface area contributed by atoms with Crippen molar-refractivity contribution in [1.82, 2.24) is 14.9 Å². The van der Waals surface area contributed by atoms with Crippen molar-refractivity contribution in [2.75, 3.05) is 6.79 Å². The van der Waals surface area contributed by atoms with Gasteiger partial charge in [0.25, 0.3) is 11.5 Å². The summed E-state index contributed by atoms with van der Waals surface area (Å²) >= 11 is 0. The first-order valence-electron chi connectivity index (χ1n) is 11.9. The monoisotopic (exact) mass is 493 g/mol. The van der Waals surface area contributed by atoms with Crippen molar-refractivity contribution in [2.45, 2.75) is 19.5 Å². The van der Waals surface area contributed by atoms with Crippen LogP contribution in [0.3, 0.4) is 0 Å². The van der Waals surface area contributed by atoms with Gasteiger partial charge in [0.15, 0.2) is 11.5 Å². The molecule has 8 nitrogen and oxygen atoms in total. The van der Waals surface area contributed by atoms with E-state index in [4.69, 9.17) is 9.47 Å². The van der Waals surface area contributed by atoms with Gasteiger partial charge in [-0.1, -0.05) is 48.5 Å². The van der Waals surface area contributed by atoms with Crippen LogP contribution in [0.1, 0.15) is 34.5 Å². The number of rotatable bonds is 5. The van der Waals surface area contributed by atoms with Gasteiger partial charge in [0, 0.05) is 12.1 Å². The highest BCUT2D eigenvalue weighted by atomic mass is 16.7. The zero-order valence-electron chi connectivity index (χ0n) is 20.0. The van der Waals surface area contributed by atoms with Crippen LogP contribution in [-0.2, 0) is 6.54 Å². The van der Waals surface area contributed by atoms with Crippen LogP contribution in [-0.4, -0.2) is 22.3 Å². The maximum Gasteiger partial charge on any atom is 0.329 e. The average molecular weight is 494 g/mol. The number of aromatic nitrogens is 2. The molecule has 1 aliphatic rings. The third-order valence-electron chi connectivity index (χ3n) is 6.74. The van der Waals surface area contributed by atoms with E-state index in [0.717, 1.165) is 21.9 Å². The molecule has 1 amide bonds. The summed E-state index contributed by atoms with van der Waals surface area (Å²) in [6.45, 7) is 2.29. The fourth-order valence-electron chi connectivity index (χ4n) is 4.81. The number of hydrogen-bond donors (Lipinski definition) is 2. The lowest BCUT2D eigenvalue weighted by atomic mass is 9.99. The maximum atomic E-state index is 13.5. The SMILES string of the molecule is CC(c1cccc2ccccc12)n1c(=O)[nH]c2ccc(C(=O)NCc3ccc4c(c3)OCO4)cc2c1=O. The number of benzene rings is 4. The number of aromatic amines is 1. The number of hydrogen-bond acceptors (Lipinski definition) is 5. The third kappa shape index (κ3) is 4.02. The van der Waals surface area contributed by atoms with Crippen molar-refractivity contribution in [3.8, 4) is 11.5 Å². The minimum Gasteiger partial charge on any atom is -0.454 e. The minimum absolute atomic E-state index is 0.182. The molecule has 1 aliphatic heterocycles. The van der Waals surface area contributed by atoms with Crippen molar-refractivity contribution in [2.24, 2.45) is 0 Å². The molecule has 0 aliphatic carbocycles. The van der Waals surface area contributed by atoms with Gasteiger partial charge < -0.3 is 19.8 Å². The number of nitrogens with zero attached hydrogens (tertiary/aromatic N) is 1. The molecule has 184 valence electrons. The Kier molecular flexibility index (Phi) is 5.49. The second kappa shape index (κ2) is 8.98. The summed E-state index contributed by atoms with van der Waals surface area (Å²) in [6.07, 6.45) is 0. The number of amides is 1. The summed E-state index contributed by atoms with van der Waals surface area (Å²) in [5, 5.41) is 5.13. The molecule has 0 bridgehead atoms. The molecule has 6 rings (SSSR count). The van der Waals surface area contributed by atoms with E-state index in [1.54, 1.807) is 18.2 Å². The minimum atomic E-state index is -0.518. The Morgan fingerprint density at radius 1 is 0.946 bits per heavy atom. The van der Waals surface area contributed by atoms with Crippen molar-refractivity contribution in [3.05, 3.63) is 116 Å². The third-order valence-corrected chi connectivity index (χ3v) is 6.74. The Bertz CT molecular complexity index is 1800. The number of nitrogens with one attached hydrogen (secondary N) is 2. The lowest BCUT2D eigenvalue weighted by molar-refractivity contribution is 0.0951. The van der Waals surface area contributed by atoms with Crippen LogP contribution in [0.25, 0.3) is 21.7 Å². The van der Waals surface area contributed by atoms with Gasteiger partial charge in [-0.15, -0.1) is 0 Å². The standard InChI is InChI=1S/C29H23N3O5/c1-17(21-8-4-6-19-5-2-3-7-22(19)21)32-28(34)23-14-20(10-11-24(23)31-29(32)35)27(33)30-15-18-9-12-25-26(13-18)37-16-36-25/h2-14,17H,15-16H2,1H3,(H,30,33)(H,31,35). The normalized spacial score (nSPS) is 13.1. The molecule has 2 N–H and O–H groups in total. The predicted octanol–water partition coefficient (Wildman–Crippen LogP) is 4.11. The van der Waals surface area contributed by atoms with E-state index >= 15 is 0 Å². The van der Waals surface area contributed by atoms with Crippen molar-refractivity contribution in [1.29, 1.82) is 0 Å². The molecular weight excluding hydrogens is 470 g/mol. The first kappa shape index (κ1) is 22.6. The molecule has 1 aromatic heterocycles. The largest absolute Gasteiger partial charge is 0.454 e. The summed E-state index contributed by atoms with van der Waals surface area (Å²) in [4.78, 5) is 42.2. The Hall–Kier alpha value is -4.85. The van der Waals surface area contributed by atoms with E-state index < -0.39 is 17.3 Å². The summed E-state index contributed by atoms with van der Waals surface area (Å²) < 4.78 is 11.9. The molecule has 8 heteroatoms. The Morgan fingerprint density at radius 3 is 2.65 bits per heavy atom. The van der Waals surface area contributed by atoms with Gasteiger partial charge in [-0.3, -0.25) is 14.2 Å². The van der Waals surface area contributed by atoms with Crippen LogP contribution >= 0.6 is 0 Å². The Morgan fingerprint density at radius 2 is 1.76 bits per heavy atom. The van der Waals surface area contributed by atoms with E-state index in [2.05, 4.69) is 10.3 Å². The molecule has 0 saturated carbocycles. The molecule has 0 fully saturated rings. The molecule has 1 unspecified atom stereocenters. The van der Waals surface area contributed by atoms with Crippen LogP contribution in [0.4, 0.5) is 0 Å². The van der Waals surface area contributed by atoms with Crippen molar-refractivity contribution in [3.63, 3.8) is 0 Å². The highest BCUT2D eigenvalue weighted by molar-refractivity contribution is 5.97. The molecule has 0 saturated heterocycles. The predicted molar refractivity (Wildman–Crippen MR) is 140 cm³/mol. The molecule has 37 heavy (non-hydrogen) atoms. The van der Waals surface area contributed by atoms with Gasteiger partial charge >= 0.3 is 5.69 Å². The Labute approximate surface area is 211 Å². The van der Waals surface area contributed by atoms with Crippen LogP contribution in [0.2, 0.25) is 0 Å². The zero-order valence-corrected chi connectivity index (χ0v) is 20.0. The lowest BCUT2D eigenvalue weighted by Gasteiger charge is -2.17. The summed E-state index contributed by atoms with van der Waals surface area (Å²) in [5.41, 5.74) is 1.46. The summed E-state index contributed by atoms with van der Waals surface area (Å²) in [6, 6.07) is 23.3. The van der Waals surface area contributed by atoms with Crippen molar-refractivity contribution >= 4 is 27.6 Å². The van der Waals surface area contributed by atoms with Crippen molar-refractivity contribution < 1.29 is 14.3 Å². The Balaban J connectivity index is 1.32. The van der Waals surface area contributed by atoms with E-state index in [1.165, 1.54) is 10.6 Å². The fourth-order valence-corrected chi connectivity index (χ4v) is 4.81. The molecule has 2 heterocycles. The lowest BCUT2D eigenvalue weighted by Crippen LogP contribution is -2.37. The highest BCUT2D eigenvalue weighted by Crippen LogP contribution is 2.32. The number of fused-ring (bicyclic) bond motifs is 3. The maximum absolute atomic E-state index is 13.5. The van der Waals surface area contributed by atoms with Gasteiger partial charge in [0.2, 0.25) is 6.79 Å². The van der Waals surface area contributed by atoms with Crippen LogP contribution < -0.4 is 26.0 Å². The molecule has 1 atom stereocenters. The fraction of sp³-hybridized carbons (Fsp3) is 0.138. The second-order valence-corrected chi connectivity index (χ2v) is 8.98. The number of carbonyl (C=O) groups excluding carboxylic acids is 1. The number of carbonyl (C=O) groups is 1. The van der Waals surface area contributed by atoms with E-state index in [-0.39, 0.29) is 24.6 Å². The zero-order chi connectivity index (χ0) is 25.5. The summed E-state index contributed by atoms with van der Waals surface area (Å²) in [5.74, 6) is 0.980. The molecule has 0 spiro atoms. The van der Waals surface area contributed by atoms with Gasteiger partial charge in [-0.25, -0.2) is 4.79 Å². The molecular formula is C29H23N3O5. The van der Waals surface area contributed by atoms with E-state index in [1.807, 2.05) is 61.5 Å². The number of H-pyrrole nitrogens is 1. The number of ether oxygens (including phenoxy) is 2. The first-order valence-corrected chi connectivity index (χ1v) is 11.9. The van der Waals surface area contributed by atoms with Gasteiger partial charge in [-0.05, 0) is 59.2 Å². The molecule has 4 aromatic carbocycles. The molecule has 0 radical (unpaired) electrons. The van der Waals surface area contributed by atoms with Gasteiger partial charge in [0.1, 0.15) is 0 Å². The average Bonchev–Trinajstić information content (AvgIpc) is 3.39. The van der Waals surface area contributed by atoms with Gasteiger partial charge in [-0.2, -0.15) is 0 Å². The quantitative estimate of drug-likeness (QED) is 0.384. The van der Waals surface area contributed by atoms with Gasteiger partial charge in [0.05, 0.1) is 16.9 Å².